The number of alkyl halides is 3. The second-order valence-corrected chi connectivity index (χ2v) is 4.10. The van der Waals surface area contributed by atoms with Gasteiger partial charge in [0, 0.05) is 23.3 Å². The lowest BCUT2D eigenvalue weighted by Gasteiger charge is -2.22. The third-order valence-electron chi connectivity index (χ3n) is 2.50. The molecule has 1 aromatic heterocycles. The van der Waals surface area contributed by atoms with Crippen LogP contribution in [0.1, 0.15) is 11.6 Å². The van der Waals surface area contributed by atoms with Crippen LogP contribution in [0.25, 0.3) is 10.8 Å². The van der Waals surface area contributed by atoms with Crippen molar-refractivity contribution in [3.63, 3.8) is 0 Å². The van der Waals surface area contributed by atoms with Gasteiger partial charge in [-0.25, -0.2) is 5.43 Å². The molecule has 0 aliphatic carbocycles. The van der Waals surface area contributed by atoms with Crippen molar-refractivity contribution in [1.82, 2.24) is 10.4 Å². The Kier molecular flexibility index (Phi) is 3.24. The van der Waals surface area contributed by atoms with Gasteiger partial charge in [0.1, 0.15) is 6.04 Å². The Balaban J connectivity index is 2.62. The Bertz CT molecular complexity index is 522. The van der Waals surface area contributed by atoms with Crippen LogP contribution in [-0.2, 0) is 0 Å². The van der Waals surface area contributed by atoms with Crippen molar-refractivity contribution in [2.45, 2.75) is 11.4 Å². The van der Waals surface area contributed by atoms with E-state index in [1.165, 1.54) is 6.20 Å². The van der Waals surface area contributed by atoms with Gasteiger partial charge in [-0.05, 0) is 17.0 Å². The maximum atomic E-state index is 13.2. The van der Waals surface area contributed by atoms with Crippen LogP contribution in [0.15, 0.2) is 36.7 Å². The summed E-state index contributed by atoms with van der Waals surface area (Å²) < 4.78 is 26.4. The first kappa shape index (κ1) is 12.2. The summed E-state index contributed by atoms with van der Waals surface area (Å²) in [5.74, 6) is 5.14. The van der Waals surface area contributed by atoms with Crippen LogP contribution in [0.2, 0.25) is 0 Å². The maximum Gasteiger partial charge on any atom is 0.342 e. The van der Waals surface area contributed by atoms with Crippen LogP contribution in [0.4, 0.5) is 8.78 Å². The van der Waals surface area contributed by atoms with Gasteiger partial charge in [0.25, 0.3) is 0 Å². The van der Waals surface area contributed by atoms with E-state index in [0.29, 0.717) is 5.39 Å². The lowest BCUT2D eigenvalue weighted by atomic mass is 10.0. The Morgan fingerprint density at radius 2 is 2.00 bits per heavy atom. The number of fused-ring (bicyclic) bond motifs is 1. The Morgan fingerprint density at radius 1 is 1.29 bits per heavy atom. The highest BCUT2D eigenvalue weighted by atomic mass is 35.5. The minimum atomic E-state index is -3.49. The van der Waals surface area contributed by atoms with Crippen LogP contribution in [0.3, 0.4) is 0 Å². The first-order chi connectivity index (χ1) is 8.04. The molecule has 0 spiro atoms. The number of nitrogens with one attached hydrogen (secondary N) is 1. The van der Waals surface area contributed by atoms with Gasteiger partial charge in [-0.1, -0.05) is 24.3 Å². The van der Waals surface area contributed by atoms with Crippen LogP contribution in [0, 0.1) is 0 Å². The predicted octanol–water partition coefficient (Wildman–Crippen LogP) is 2.57. The Labute approximate surface area is 102 Å². The highest BCUT2D eigenvalue weighted by molar-refractivity contribution is 6.22. The number of benzene rings is 1. The van der Waals surface area contributed by atoms with Gasteiger partial charge >= 0.3 is 5.38 Å². The zero-order valence-corrected chi connectivity index (χ0v) is 9.46. The molecule has 2 aromatic rings. The molecule has 0 aliphatic heterocycles. The normalized spacial score (nSPS) is 13.9. The van der Waals surface area contributed by atoms with Crippen molar-refractivity contribution in [2.24, 2.45) is 5.84 Å². The summed E-state index contributed by atoms with van der Waals surface area (Å²) in [6, 6.07) is 5.58. The SMILES string of the molecule is NNC(c1cncc2ccccc12)C(F)(F)Cl. The fourth-order valence-corrected chi connectivity index (χ4v) is 1.91. The average Bonchev–Trinajstić information content (AvgIpc) is 2.28. The highest BCUT2D eigenvalue weighted by Crippen LogP contribution is 2.36. The zero-order valence-electron chi connectivity index (χ0n) is 8.70. The predicted molar refractivity (Wildman–Crippen MR) is 62.6 cm³/mol. The van der Waals surface area contributed by atoms with Crippen molar-refractivity contribution in [3.8, 4) is 0 Å². The third kappa shape index (κ3) is 2.36. The number of rotatable bonds is 3. The largest absolute Gasteiger partial charge is 0.342 e. The number of nitrogens with two attached hydrogens (primary N) is 1. The van der Waals surface area contributed by atoms with E-state index in [1.54, 1.807) is 30.5 Å². The second-order valence-electron chi connectivity index (χ2n) is 3.59. The van der Waals surface area contributed by atoms with Crippen molar-refractivity contribution < 1.29 is 8.78 Å². The molecule has 0 aliphatic rings. The fourth-order valence-electron chi connectivity index (χ4n) is 1.73. The molecule has 1 heterocycles. The third-order valence-corrected chi connectivity index (χ3v) is 2.72. The molecular weight excluding hydrogens is 248 g/mol. The molecule has 3 nitrogen and oxygen atoms in total. The summed E-state index contributed by atoms with van der Waals surface area (Å²) in [4.78, 5) is 3.91. The monoisotopic (exact) mass is 257 g/mol. The van der Waals surface area contributed by atoms with Crippen molar-refractivity contribution >= 4 is 22.4 Å². The number of pyridine rings is 1. The minimum Gasteiger partial charge on any atom is -0.271 e. The van der Waals surface area contributed by atoms with Gasteiger partial charge in [-0.15, -0.1) is 0 Å². The van der Waals surface area contributed by atoms with Gasteiger partial charge in [0.2, 0.25) is 0 Å². The zero-order chi connectivity index (χ0) is 12.5. The molecule has 0 fully saturated rings. The van der Waals surface area contributed by atoms with Gasteiger partial charge < -0.3 is 0 Å². The molecule has 2 rings (SSSR count). The molecule has 0 radical (unpaired) electrons. The molecular formula is C11H10ClF2N3. The number of nitrogens with zero attached hydrogens (tertiary/aromatic N) is 1. The molecule has 1 atom stereocenters. The number of hydrogen-bond acceptors (Lipinski definition) is 3. The van der Waals surface area contributed by atoms with E-state index in [4.69, 9.17) is 17.4 Å². The quantitative estimate of drug-likeness (QED) is 0.505. The molecule has 3 N–H and O–H groups in total. The summed E-state index contributed by atoms with van der Waals surface area (Å²) in [7, 11) is 0. The number of aromatic nitrogens is 1. The van der Waals surface area contributed by atoms with E-state index in [2.05, 4.69) is 4.98 Å². The number of hydrogen-bond donors (Lipinski definition) is 2. The molecule has 6 heteroatoms. The van der Waals surface area contributed by atoms with E-state index in [1.807, 2.05) is 5.43 Å². The topological polar surface area (TPSA) is 50.9 Å². The van der Waals surface area contributed by atoms with Crippen molar-refractivity contribution in [1.29, 1.82) is 0 Å². The van der Waals surface area contributed by atoms with Crippen LogP contribution < -0.4 is 11.3 Å². The molecule has 0 saturated heterocycles. The van der Waals surface area contributed by atoms with Crippen LogP contribution in [-0.4, -0.2) is 10.4 Å². The summed E-state index contributed by atoms with van der Waals surface area (Å²) in [5.41, 5.74) is 2.30. The Morgan fingerprint density at radius 3 is 2.65 bits per heavy atom. The van der Waals surface area contributed by atoms with Crippen LogP contribution >= 0.6 is 11.6 Å². The summed E-state index contributed by atoms with van der Waals surface area (Å²) in [6.45, 7) is 0. The smallest absolute Gasteiger partial charge is 0.271 e. The number of halogens is 3. The van der Waals surface area contributed by atoms with Gasteiger partial charge in [0.15, 0.2) is 0 Å². The second kappa shape index (κ2) is 4.52. The summed E-state index contributed by atoms with van der Waals surface area (Å²) in [6.07, 6.45) is 2.93. The van der Waals surface area contributed by atoms with Gasteiger partial charge in [-0.3, -0.25) is 10.8 Å². The van der Waals surface area contributed by atoms with E-state index >= 15 is 0 Å². The fraction of sp³-hybridized carbons (Fsp3) is 0.182. The summed E-state index contributed by atoms with van der Waals surface area (Å²) >= 11 is 5.03. The number of hydrazine groups is 1. The minimum absolute atomic E-state index is 0.269. The van der Waals surface area contributed by atoms with Gasteiger partial charge in [0.05, 0.1) is 0 Å². The molecule has 0 saturated carbocycles. The molecule has 90 valence electrons. The maximum absolute atomic E-state index is 13.2. The van der Waals surface area contributed by atoms with E-state index < -0.39 is 11.4 Å². The van der Waals surface area contributed by atoms with Gasteiger partial charge in [-0.2, -0.15) is 8.78 Å². The van der Waals surface area contributed by atoms with Crippen LogP contribution in [0.5, 0.6) is 0 Å². The lowest BCUT2D eigenvalue weighted by Crippen LogP contribution is -2.38. The first-order valence-electron chi connectivity index (χ1n) is 4.89. The molecule has 1 unspecified atom stereocenters. The molecule has 17 heavy (non-hydrogen) atoms. The molecule has 1 aromatic carbocycles. The van der Waals surface area contributed by atoms with Crippen molar-refractivity contribution in [2.75, 3.05) is 0 Å². The first-order valence-corrected chi connectivity index (χ1v) is 5.27. The molecule has 0 bridgehead atoms. The Hall–Kier alpha value is -1.30. The highest BCUT2D eigenvalue weighted by Gasteiger charge is 2.38. The van der Waals surface area contributed by atoms with Crippen molar-refractivity contribution in [3.05, 3.63) is 42.2 Å². The van der Waals surface area contributed by atoms with E-state index in [0.717, 1.165) is 5.39 Å². The molecule has 0 amide bonds. The summed E-state index contributed by atoms with van der Waals surface area (Å²) in [5, 5.41) is -2.09. The lowest BCUT2D eigenvalue weighted by molar-refractivity contribution is 0.0502. The van der Waals surface area contributed by atoms with E-state index in [-0.39, 0.29) is 5.56 Å². The average molecular weight is 258 g/mol. The standard InChI is InChI=1S/C11H10ClF2N3/c12-11(13,14)10(17-15)9-6-16-5-7-3-1-2-4-8(7)9/h1-6,10,17H,15H2. The van der Waals surface area contributed by atoms with E-state index in [9.17, 15) is 8.78 Å².